The molecule has 2 aromatic carbocycles. The van der Waals surface area contributed by atoms with Crippen LogP contribution in [-0.2, 0) is 6.42 Å². The molecule has 1 aliphatic rings. The molecule has 0 spiro atoms. The number of rotatable bonds is 1. The summed E-state index contributed by atoms with van der Waals surface area (Å²) in [7, 11) is 0. The average molecular weight is 222 g/mol. The number of allylic oxidation sites excluding steroid dienone is 1. The highest BCUT2D eigenvalue weighted by Gasteiger charge is 2.12. The van der Waals surface area contributed by atoms with Crippen LogP contribution in [0.1, 0.15) is 16.7 Å². The lowest BCUT2D eigenvalue weighted by molar-refractivity contribution is 0.498. The summed E-state index contributed by atoms with van der Waals surface area (Å²) in [4.78, 5) is 0. The second kappa shape index (κ2) is 4.10. The summed E-state index contributed by atoms with van der Waals surface area (Å²) in [6.07, 6.45) is 3.09. The Kier molecular flexibility index (Phi) is 2.45. The largest absolute Gasteiger partial charge is 0.457 e. The van der Waals surface area contributed by atoms with Gasteiger partial charge in [0.25, 0.3) is 0 Å². The van der Waals surface area contributed by atoms with Crippen LogP contribution < -0.4 is 4.74 Å². The number of para-hydroxylation sites is 1. The van der Waals surface area contributed by atoms with E-state index in [1.54, 1.807) is 0 Å². The molecule has 0 fully saturated rings. The monoisotopic (exact) mass is 222 g/mol. The van der Waals surface area contributed by atoms with Crippen molar-refractivity contribution in [3.05, 3.63) is 71.3 Å². The molecule has 0 bridgehead atoms. The van der Waals surface area contributed by atoms with Gasteiger partial charge in [-0.25, -0.2) is 0 Å². The molecule has 1 heterocycles. The van der Waals surface area contributed by atoms with Crippen LogP contribution in [0.2, 0.25) is 0 Å². The Morgan fingerprint density at radius 1 is 1.00 bits per heavy atom. The predicted octanol–water partition coefficient (Wildman–Crippen LogP) is 3.97. The number of benzene rings is 2. The van der Waals surface area contributed by atoms with E-state index in [-0.39, 0.29) is 0 Å². The van der Waals surface area contributed by atoms with Gasteiger partial charge in [-0.3, -0.25) is 0 Å². The number of aryl methyl sites for hydroxylation is 1. The van der Waals surface area contributed by atoms with Gasteiger partial charge in [0.2, 0.25) is 0 Å². The molecule has 0 N–H and O–H groups in total. The molecule has 0 atom stereocenters. The zero-order chi connectivity index (χ0) is 11.7. The SMILES string of the molecule is Cc1cccc(C2=CCc3ccccc3O2)c1. The van der Waals surface area contributed by atoms with E-state index in [0.29, 0.717) is 0 Å². The lowest BCUT2D eigenvalue weighted by Crippen LogP contribution is -2.03. The number of ether oxygens (including phenoxy) is 1. The van der Waals surface area contributed by atoms with Crippen molar-refractivity contribution < 1.29 is 4.74 Å². The molecule has 0 aromatic heterocycles. The third-order valence-electron chi connectivity index (χ3n) is 3.00. The Morgan fingerprint density at radius 2 is 1.88 bits per heavy atom. The van der Waals surface area contributed by atoms with Crippen molar-refractivity contribution in [2.75, 3.05) is 0 Å². The summed E-state index contributed by atoms with van der Waals surface area (Å²) in [5, 5.41) is 0. The first-order valence-corrected chi connectivity index (χ1v) is 5.86. The first-order valence-electron chi connectivity index (χ1n) is 5.86. The quantitative estimate of drug-likeness (QED) is 0.709. The molecule has 17 heavy (non-hydrogen) atoms. The van der Waals surface area contributed by atoms with Gasteiger partial charge in [-0.1, -0.05) is 42.0 Å². The van der Waals surface area contributed by atoms with Gasteiger partial charge in [-0.05, 0) is 37.1 Å². The van der Waals surface area contributed by atoms with Crippen molar-refractivity contribution in [2.45, 2.75) is 13.3 Å². The van der Waals surface area contributed by atoms with Crippen molar-refractivity contribution in [1.29, 1.82) is 0 Å². The molecule has 0 aliphatic carbocycles. The summed E-state index contributed by atoms with van der Waals surface area (Å²) in [6, 6.07) is 16.6. The molecule has 0 radical (unpaired) electrons. The van der Waals surface area contributed by atoms with Crippen LogP contribution in [0.5, 0.6) is 5.75 Å². The fraction of sp³-hybridized carbons (Fsp3) is 0.125. The highest BCUT2D eigenvalue weighted by molar-refractivity contribution is 5.65. The van der Waals surface area contributed by atoms with Crippen molar-refractivity contribution in [3.8, 4) is 5.75 Å². The topological polar surface area (TPSA) is 9.23 Å². The minimum atomic E-state index is 0.944. The van der Waals surface area contributed by atoms with E-state index in [2.05, 4.69) is 43.3 Å². The van der Waals surface area contributed by atoms with Crippen LogP contribution in [-0.4, -0.2) is 0 Å². The molecule has 84 valence electrons. The van der Waals surface area contributed by atoms with Gasteiger partial charge in [-0.15, -0.1) is 0 Å². The predicted molar refractivity (Wildman–Crippen MR) is 69.9 cm³/mol. The maximum atomic E-state index is 5.93. The summed E-state index contributed by atoms with van der Waals surface area (Å²) in [5.41, 5.74) is 3.66. The van der Waals surface area contributed by atoms with E-state index in [4.69, 9.17) is 4.74 Å². The third-order valence-corrected chi connectivity index (χ3v) is 3.00. The summed E-state index contributed by atoms with van der Waals surface area (Å²) < 4.78 is 5.93. The molecule has 0 unspecified atom stereocenters. The molecule has 3 rings (SSSR count). The van der Waals surface area contributed by atoms with E-state index >= 15 is 0 Å². The van der Waals surface area contributed by atoms with Crippen LogP contribution in [0, 0.1) is 6.92 Å². The summed E-state index contributed by atoms with van der Waals surface area (Å²) >= 11 is 0. The Balaban J connectivity index is 1.96. The summed E-state index contributed by atoms with van der Waals surface area (Å²) in [6.45, 7) is 2.10. The molecular weight excluding hydrogens is 208 g/mol. The van der Waals surface area contributed by atoms with Gasteiger partial charge in [-0.2, -0.15) is 0 Å². The van der Waals surface area contributed by atoms with Crippen LogP contribution >= 0.6 is 0 Å². The van der Waals surface area contributed by atoms with Gasteiger partial charge >= 0.3 is 0 Å². The molecule has 2 aromatic rings. The normalized spacial score (nSPS) is 13.6. The fourth-order valence-electron chi connectivity index (χ4n) is 2.11. The Labute approximate surface area is 101 Å². The molecule has 0 saturated carbocycles. The Morgan fingerprint density at radius 3 is 2.76 bits per heavy atom. The van der Waals surface area contributed by atoms with Gasteiger partial charge in [0.1, 0.15) is 11.5 Å². The first kappa shape index (κ1) is 10.2. The maximum Gasteiger partial charge on any atom is 0.131 e. The Hall–Kier alpha value is -2.02. The Bertz CT molecular complexity index is 582. The second-order valence-electron chi connectivity index (χ2n) is 4.35. The van der Waals surface area contributed by atoms with E-state index < -0.39 is 0 Å². The standard InChI is InChI=1S/C16H14O/c1-12-5-4-7-14(11-12)16-10-9-13-6-2-3-8-15(13)17-16/h2-8,10-11H,9H2,1H3. The van der Waals surface area contributed by atoms with Crippen molar-refractivity contribution in [1.82, 2.24) is 0 Å². The van der Waals surface area contributed by atoms with Crippen LogP contribution in [0.15, 0.2) is 54.6 Å². The minimum Gasteiger partial charge on any atom is -0.457 e. The number of hydrogen-bond donors (Lipinski definition) is 0. The zero-order valence-electron chi connectivity index (χ0n) is 9.81. The fourth-order valence-corrected chi connectivity index (χ4v) is 2.11. The average Bonchev–Trinajstić information content (AvgIpc) is 2.38. The molecular formula is C16H14O. The molecule has 1 aliphatic heterocycles. The summed E-state index contributed by atoms with van der Waals surface area (Å²) in [5.74, 6) is 1.94. The van der Waals surface area contributed by atoms with E-state index in [0.717, 1.165) is 23.5 Å². The first-order chi connectivity index (χ1) is 8.33. The van der Waals surface area contributed by atoms with Crippen molar-refractivity contribution >= 4 is 5.76 Å². The van der Waals surface area contributed by atoms with Crippen molar-refractivity contribution in [3.63, 3.8) is 0 Å². The molecule has 0 amide bonds. The smallest absolute Gasteiger partial charge is 0.131 e. The number of fused-ring (bicyclic) bond motifs is 1. The van der Waals surface area contributed by atoms with Gasteiger partial charge in [0.15, 0.2) is 0 Å². The van der Waals surface area contributed by atoms with E-state index in [9.17, 15) is 0 Å². The van der Waals surface area contributed by atoms with Gasteiger partial charge in [0.05, 0.1) is 0 Å². The second-order valence-corrected chi connectivity index (χ2v) is 4.35. The number of hydrogen-bond acceptors (Lipinski definition) is 1. The minimum absolute atomic E-state index is 0.944. The highest BCUT2D eigenvalue weighted by Crippen LogP contribution is 2.30. The lowest BCUT2D eigenvalue weighted by Gasteiger charge is -2.18. The van der Waals surface area contributed by atoms with Crippen molar-refractivity contribution in [2.24, 2.45) is 0 Å². The molecule has 1 nitrogen and oxygen atoms in total. The van der Waals surface area contributed by atoms with Gasteiger partial charge in [0, 0.05) is 5.56 Å². The highest BCUT2D eigenvalue weighted by atomic mass is 16.5. The van der Waals surface area contributed by atoms with Crippen LogP contribution in [0.25, 0.3) is 5.76 Å². The maximum absolute atomic E-state index is 5.93. The van der Waals surface area contributed by atoms with E-state index in [1.165, 1.54) is 11.1 Å². The zero-order valence-corrected chi connectivity index (χ0v) is 9.81. The molecule has 0 saturated heterocycles. The van der Waals surface area contributed by atoms with E-state index in [1.807, 2.05) is 18.2 Å². The van der Waals surface area contributed by atoms with Gasteiger partial charge < -0.3 is 4.74 Å². The van der Waals surface area contributed by atoms with Crippen LogP contribution in [0.3, 0.4) is 0 Å². The molecule has 1 heteroatoms. The van der Waals surface area contributed by atoms with Crippen LogP contribution in [0.4, 0.5) is 0 Å². The third kappa shape index (κ3) is 1.96. The lowest BCUT2D eigenvalue weighted by atomic mass is 10.0.